The van der Waals surface area contributed by atoms with E-state index >= 15 is 0 Å². The number of aryl methyl sites for hydroxylation is 1. The minimum Gasteiger partial charge on any atom is -0.478 e. The van der Waals surface area contributed by atoms with E-state index in [-0.39, 0.29) is 0 Å². The molecular weight excluding hydrogens is 250 g/mol. The van der Waals surface area contributed by atoms with E-state index in [0.29, 0.717) is 24.4 Å². The Morgan fingerprint density at radius 3 is 2.85 bits per heavy atom. The number of hydrogen-bond acceptors (Lipinski definition) is 4. The van der Waals surface area contributed by atoms with Crippen LogP contribution in [-0.4, -0.2) is 22.6 Å². The smallest absolute Gasteiger partial charge is 0.226 e. The standard InChI is InChI=1S/C16H27N3O/c1-4-10-20-15-11-13(3)17-16(19-15)18-14-9-7-5-6-8-12(14)2/h11-12,14H,4-10H2,1-3H3,(H,17,18,19). The van der Waals surface area contributed by atoms with Crippen molar-refractivity contribution in [2.24, 2.45) is 5.92 Å². The lowest BCUT2D eigenvalue weighted by atomic mass is 9.97. The zero-order valence-corrected chi connectivity index (χ0v) is 13.0. The normalized spacial score (nSPS) is 23.1. The monoisotopic (exact) mass is 277 g/mol. The van der Waals surface area contributed by atoms with Gasteiger partial charge in [0.15, 0.2) is 0 Å². The summed E-state index contributed by atoms with van der Waals surface area (Å²) in [4.78, 5) is 8.98. The van der Waals surface area contributed by atoms with E-state index in [9.17, 15) is 0 Å². The van der Waals surface area contributed by atoms with Gasteiger partial charge in [0, 0.05) is 17.8 Å². The molecule has 0 spiro atoms. The average molecular weight is 277 g/mol. The van der Waals surface area contributed by atoms with Crippen LogP contribution in [0.2, 0.25) is 0 Å². The first-order valence-electron chi connectivity index (χ1n) is 7.94. The molecule has 2 atom stereocenters. The van der Waals surface area contributed by atoms with Crippen molar-refractivity contribution in [3.63, 3.8) is 0 Å². The Balaban J connectivity index is 2.05. The Morgan fingerprint density at radius 2 is 2.05 bits per heavy atom. The van der Waals surface area contributed by atoms with E-state index < -0.39 is 0 Å². The number of ether oxygens (including phenoxy) is 1. The molecule has 2 rings (SSSR count). The number of anilines is 1. The third kappa shape index (κ3) is 4.36. The Bertz CT molecular complexity index is 422. The Morgan fingerprint density at radius 1 is 1.25 bits per heavy atom. The quantitative estimate of drug-likeness (QED) is 0.828. The summed E-state index contributed by atoms with van der Waals surface area (Å²) in [6.45, 7) is 7.12. The van der Waals surface area contributed by atoms with Gasteiger partial charge in [-0.3, -0.25) is 0 Å². The van der Waals surface area contributed by atoms with Crippen LogP contribution in [-0.2, 0) is 0 Å². The van der Waals surface area contributed by atoms with Gasteiger partial charge in [-0.15, -0.1) is 0 Å². The molecule has 1 aromatic rings. The summed E-state index contributed by atoms with van der Waals surface area (Å²) in [6, 6.07) is 2.38. The zero-order valence-electron chi connectivity index (χ0n) is 13.0. The first-order valence-corrected chi connectivity index (χ1v) is 7.94. The van der Waals surface area contributed by atoms with Crippen LogP contribution in [0.15, 0.2) is 6.07 Å². The van der Waals surface area contributed by atoms with Gasteiger partial charge in [-0.05, 0) is 32.1 Å². The number of rotatable bonds is 5. The van der Waals surface area contributed by atoms with Gasteiger partial charge in [0.05, 0.1) is 6.61 Å². The first kappa shape index (κ1) is 15.1. The molecule has 1 fully saturated rings. The Kier molecular flexibility index (Phi) is 5.62. The second kappa shape index (κ2) is 7.46. The highest BCUT2D eigenvalue weighted by Gasteiger charge is 2.20. The lowest BCUT2D eigenvalue weighted by Gasteiger charge is -2.23. The van der Waals surface area contributed by atoms with Crippen molar-refractivity contribution in [2.75, 3.05) is 11.9 Å². The summed E-state index contributed by atoms with van der Waals surface area (Å²) >= 11 is 0. The molecule has 0 saturated heterocycles. The second-order valence-corrected chi connectivity index (χ2v) is 5.89. The van der Waals surface area contributed by atoms with Crippen LogP contribution < -0.4 is 10.1 Å². The molecule has 1 heterocycles. The minimum absolute atomic E-state index is 0.485. The largest absolute Gasteiger partial charge is 0.478 e. The molecule has 1 aromatic heterocycles. The molecule has 0 aliphatic heterocycles. The lowest BCUT2D eigenvalue weighted by Crippen LogP contribution is -2.27. The predicted molar refractivity (Wildman–Crippen MR) is 82.2 cm³/mol. The molecule has 4 heteroatoms. The summed E-state index contributed by atoms with van der Waals surface area (Å²) in [7, 11) is 0. The van der Waals surface area contributed by atoms with E-state index in [2.05, 4.69) is 29.1 Å². The third-order valence-electron chi connectivity index (χ3n) is 3.96. The number of nitrogens with one attached hydrogen (secondary N) is 1. The first-order chi connectivity index (χ1) is 9.69. The van der Waals surface area contributed by atoms with Crippen molar-refractivity contribution in [3.8, 4) is 5.88 Å². The van der Waals surface area contributed by atoms with Crippen LogP contribution in [0.1, 0.15) is 58.1 Å². The van der Waals surface area contributed by atoms with Crippen molar-refractivity contribution >= 4 is 5.95 Å². The van der Waals surface area contributed by atoms with Crippen molar-refractivity contribution in [1.29, 1.82) is 0 Å². The summed E-state index contributed by atoms with van der Waals surface area (Å²) in [5, 5.41) is 3.53. The second-order valence-electron chi connectivity index (χ2n) is 5.89. The number of nitrogens with zero attached hydrogens (tertiary/aromatic N) is 2. The zero-order chi connectivity index (χ0) is 14.4. The van der Waals surface area contributed by atoms with Crippen molar-refractivity contribution < 1.29 is 4.74 Å². The summed E-state index contributed by atoms with van der Waals surface area (Å²) in [5.74, 6) is 2.08. The van der Waals surface area contributed by atoms with Gasteiger partial charge >= 0.3 is 0 Å². The maximum Gasteiger partial charge on any atom is 0.226 e. The molecular formula is C16H27N3O. The van der Waals surface area contributed by atoms with Gasteiger partial charge in [-0.1, -0.05) is 33.1 Å². The van der Waals surface area contributed by atoms with Crippen LogP contribution >= 0.6 is 0 Å². The molecule has 0 aromatic carbocycles. The van der Waals surface area contributed by atoms with Crippen molar-refractivity contribution in [3.05, 3.63) is 11.8 Å². The number of hydrogen-bond donors (Lipinski definition) is 1. The fraction of sp³-hybridized carbons (Fsp3) is 0.750. The summed E-state index contributed by atoms with van der Waals surface area (Å²) < 4.78 is 5.63. The van der Waals surface area contributed by atoms with Crippen LogP contribution in [0.5, 0.6) is 5.88 Å². The molecule has 112 valence electrons. The highest BCUT2D eigenvalue weighted by atomic mass is 16.5. The fourth-order valence-electron chi connectivity index (χ4n) is 2.76. The molecule has 1 aliphatic rings. The van der Waals surface area contributed by atoms with Crippen LogP contribution in [0.4, 0.5) is 5.95 Å². The van der Waals surface area contributed by atoms with Crippen LogP contribution in [0, 0.1) is 12.8 Å². The summed E-state index contributed by atoms with van der Waals surface area (Å²) in [5.41, 5.74) is 0.954. The van der Waals surface area contributed by atoms with Gasteiger partial charge in [-0.2, -0.15) is 4.98 Å². The van der Waals surface area contributed by atoms with Gasteiger partial charge in [-0.25, -0.2) is 4.98 Å². The maximum atomic E-state index is 5.63. The van der Waals surface area contributed by atoms with E-state index in [1.54, 1.807) is 0 Å². The molecule has 4 nitrogen and oxygen atoms in total. The lowest BCUT2D eigenvalue weighted by molar-refractivity contribution is 0.304. The molecule has 0 bridgehead atoms. The third-order valence-corrected chi connectivity index (χ3v) is 3.96. The molecule has 2 unspecified atom stereocenters. The fourth-order valence-corrected chi connectivity index (χ4v) is 2.76. The van der Waals surface area contributed by atoms with E-state index in [1.807, 2.05) is 13.0 Å². The predicted octanol–water partition coefficient (Wildman–Crippen LogP) is 3.95. The molecule has 1 aliphatic carbocycles. The molecule has 0 amide bonds. The van der Waals surface area contributed by atoms with Crippen molar-refractivity contribution in [1.82, 2.24) is 9.97 Å². The topological polar surface area (TPSA) is 47.0 Å². The highest BCUT2D eigenvalue weighted by molar-refractivity contribution is 5.32. The number of aromatic nitrogens is 2. The molecule has 1 saturated carbocycles. The van der Waals surface area contributed by atoms with Gasteiger partial charge in [0.25, 0.3) is 0 Å². The van der Waals surface area contributed by atoms with E-state index in [0.717, 1.165) is 18.1 Å². The van der Waals surface area contributed by atoms with E-state index in [1.165, 1.54) is 32.1 Å². The van der Waals surface area contributed by atoms with Gasteiger partial charge in [0.1, 0.15) is 0 Å². The Labute approximate surface area is 122 Å². The summed E-state index contributed by atoms with van der Waals surface area (Å²) in [6.07, 6.45) is 7.49. The maximum absolute atomic E-state index is 5.63. The van der Waals surface area contributed by atoms with Crippen molar-refractivity contribution in [2.45, 2.75) is 65.3 Å². The van der Waals surface area contributed by atoms with E-state index in [4.69, 9.17) is 4.74 Å². The average Bonchev–Trinajstić information content (AvgIpc) is 2.61. The van der Waals surface area contributed by atoms with Crippen LogP contribution in [0.3, 0.4) is 0 Å². The molecule has 20 heavy (non-hydrogen) atoms. The van der Waals surface area contributed by atoms with Crippen LogP contribution in [0.25, 0.3) is 0 Å². The SMILES string of the molecule is CCCOc1cc(C)nc(NC2CCCCCC2C)n1. The molecule has 0 radical (unpaired) electrons. The molecule has 1 N–H and O–H groups in total. The minimum atomic E-state index is 0.485. The Hall–Kier alpha value is -1.32. The highest BCUT2D eigenvalue weighted by Crippen LogP contribution is 2.25. The van der Waals surface area contributed by atoms with Gasteiger partial charge in [0.2, 0.25) is 11.8 Å². The van der Waals surface area contributed by atoms with Gasteiger partial charge < -0.3 is 10.1 Å².